The van der Waals surface area contributed by atoms with Gasteiger partial charge in [-0.3, -0.25) is 0 Å². The number of nitrogens with zero attached hydrogens (tertiary/aromatic N) is 1. The third kappa shape index (κ3) is 3.20. The molecule has 0 atom stereocenters. The molecule has 3 heteroatoms. The van der Waals surface area contributed by atoms with Gasteiger partial charge < -0.3 is 10.6 Å². The van der Waals surface area contributed by atoms with Crippen LogP contribution in [0.15, 0.2) is 24.3 Å². The van der Waals surface area contributed by atoms with Gasteiger partial charge in [0.05, 0.1) is 0 Å². The number of hydrogen-bond donors (Lipinski definition) is 1. The highest BCUT2D eigenvalue weighted by atomic mass is 35.5. The van der Waals surface area contributed by atoms with Crippen LogP contribution in [-0.4, -0.2) is 26.0 Å². The quantitative estimate of drug-likeness (QED) is 0.756. The summed E-state index contributed by atoms with van der Waals surface area (Å²) in [5.74, 6) is 0.654. The molecule has 0 aliphatic rings. The van der Waals surface area contributed by atoms with Crippen LogP contribution < -0.4 is 10.6 Å². The molecular weight excluding hydrogens is 196 g/mol. The van der Waals surface area contributed by atoms with Crippen LogP contribution >= 0.6 is 11.6 Å². The number of nitrogens with two attached hydrogens (primary N) is 1. The second-order valence-corrected chi connectivity index (χ2v) is 3.69. The maximum Gasteiger partial charge on any atom is 0.0399 e. The minimum Gasteiger partial charge on any atom is -0.373 e. The van der Waals surface area contributed by atoms with Gasteiger partial charge in [-0.25, -0.2) is 0 Å². The van der Waals surface area contributed by atoms with Gasteiger partial charge in [-0.05, 0) is 30.7 Å². The van der Waals surface area contributed by atoms with E-state index in [4.69, 9.17) is 17.3 Å². The van der Waals surface area contributed by atoms with Gasteiger partial charge in [-0.2, -0.15) is 0 Å². The first kappa shape index (κ1) is 11.3. The van der Waals surface area contributed by atoms with E-state index in [1.165, 1.54) is 11.3 Å². The molecule has 0 amide bonds. The SMILES string of the molecule is CN(CCCl)c1ccc(CCN)cc1. The lowest BCUT2D eigenvalue weighted by atomic mass is 10.1. The molecule has 1 aromatic carbocycles. The van der Waals surface area contributed by atoms with Gasteiger partial charge in [0, 0.05) is 25.2 Å². The summed E-state index contributed by atoms with van der Waals surface area (Å²) < 4.78 is 0. The number of hydrogen-bond acceptors (Lipinski definition) is 2. The number of alkyl halides is 1. The predicted octanol–water partition coefficient (Wildman–Crippen LogP) is 1.86. The molecule has 0 radical (unpaired) electrons. The van der Waals surface area contributed by atoms with Crippen molar-refractivity contribution in [2.24, 2.45) is 5.73 Å². The van der Waals surface area contributed by atoms with Crippen LogP contribution in [0, 0.1) is 0 Å². The lowest BCUT2D eigenvalue weighted by molar-refractivity contribution is 0.955. The number of benzene rings is 1. The van der Waals surface area contributed by atoms with Crippen molar-refractivity contribution in [3.05, 3.63) is 29.8 Å². The first-order valence-electron chi connectivity index (χ1n) is 4.84. The van der Waals surface area contributed by atoms with Gasteiger partial charge in [0.2, 0.25) is 0 Å². The van der Waals surface area contributed by atoms with Crippen molar-refractivity contribution in [1.82, 2.24) is 0 Å². The lowest BCUT2D eigenvalue weighted by Crippen LogP contribution is -2.19. The van der Waals surface area contributed by atoms with Crippen molar-refractivity contribution in [1.29, 1.82) is 0 Å². The zero-order chi connectivity index (χ0) is 10.4. The van der Waals surface area contributed by atoms with Gasteiger partial charge in [0.1, 0.15) is 0 Å². The Morgan fingerprint density at radius 1 is 1.29 bits per heavy atom. The van der Waals surface area contributed by atoms with Crippen LogP contribution in [-0.2, 0) is 6.42 Å². The molecule has 2 N–H and O–H groups in total. The van der Waals surface area contributed by atoms with Crippen molar-refractivity contribution in [3.8, 4) is 0 Å². The minimum atomic E-state index is 0.654. The molecule has 0 bridgehead atoms. The third-order valence-corrected chi connectivity index (χ3v) is 2.40. The Hall–Kier alpha value is -0.730. The molecule has 0 aliphatic heterocycles. The third-order valence-electron chi connectivity index (χ3n) is 2.23. The monoisotopic (exact) mass is 212 g/mol. The normalized spacial score (nSPS) is 10.2. The molecule has 0 saturated carbocycles. The van der Waals surface area contributed by atoms with Crippen LogP contribution in [0.25, 0.3) is 0 Å². The summed E-state index contributed by atoms with van der Waals surface area (Å²) in [7, 11) is 2.04. The molecule has 0 spiro atoms. The largest absolute Gasteiger partial charge is 0.373 e. The molecule has 1 aromatic rings. The Kier molecular flexibility index (Phi) is 4.77. The topological polar surface area (TPSA) is 29.3 Å². The Morgan fingerprint density at radius 3 is 2.43 bits per heavy atom. The summed E-state index contributed by atoms with van der Waals surface area (Å²) in [6.07, 6.45) is 0.944. The standard InChI is InChI=1S/C11H17ClN2/c1-14(9-7-12)11-4-2-10(3-5-11)6-8-13/h2-5H,6-9,13H2,1H3. The van der Waals surface area contributed by atoms with Crippen molar-refractivity contribution < 1.29 is 0 Å². The average molecular weight is 213 g/mol. The van der Waals surface area contributed by atoms with E-state index in [1.54, 1.807) is 0 Å². The van der Waals surface area contributed by atoms with E-state index in [1.807, 2.05) is 7.05 Å². The van der Waals surface area contributed by atoms with E-state index in [9.17, 15) is 0 Å². The van der Waals surface area contributed by atoms with Crippen molar-refractivity contribution >= 4 is 17.3 Å². The average Bonchev–Trinajstić information content (AvgIpc) is 2.20. The summed E-state index contributed by atoms with van der Waals surface area (Å²) in [5, 5.41) is 0. The molecule has 1 rings (SSSR count). The maximum atomic E-state index is 5.67. The van der Waals surface area contributed by atoms with E-state index in [-0.39, 0.29) is 0 Å². The van der Waals surface area contributed by atoms with E-state index in [2.05, 4.69) is 29.2 Å². The van der Waals surface area contributed by atoms with E-state index in [0.29, 0.717) is 12.4 Å². The fourth-order valence-corrected chi connectivity index (χ4v) is 1.59. The first-order chi connectivity index (χ1) is 6.77. The first-order valence-corrected chi connectivity index (χ1v) is 5.37. The molecule has 14 heavy (non-hydrogen) atoms. The molecule has 0 saturated heterocycles. The molecular formula is C11H17ClN2. The summed E-state index contributed by atoms with van der Waals surface area (Å²) in [4.78, 5) is 2.14. The zero-order valence-corrected chi connectivity index (χ0v) is 9.30. The van der Waals surface area contributed by atoms with E-state index < -0.39 is 0 Å². The highest BCUT2D eigenvalue weighted by Gasteiger charge is 1.99. The van der Waals surface area contributed by atoms with Crippen LogP contribution in [0.3, 0.4) is 0 Å². The van der Waals surface area contributed by atoms with Crippen LogP contribution in [0.2, 0.25) is 0 Å². The zero-order valence-electron chi connectivity index (χ0n) is 8.54. The molecule has 0 aliphatic carbocycles. The summed E-state index contributed by atoms with van der Waals surface area (Å²) in [6.45, 7) is 1.58. The summed E-state index contributed by atoms with van der Waals surface area (Å²) >= 11 is 5.67. The highest BCUT2D eigenvalue weighted by Crippen LogP contribution is 2.13. The molecule has 2 nitrogen and oxygen atoms in total. The summed E-state index contributed by atoms with van der Waals surface area (Å²) in [5.41, 5.74) is 7.97. The molecule has 78 valence electrons. The van der Waals surface area contributed by atoms with E-state index >= 15 is 0 Å². The fourth-order valence-electron chi connectivity index (χ4n) is 1.34. The Morgan fingerprint density at radius 2 is 1.93 bits per heavy atom. The Balaban J connectivity index is 2.62. The van der Waals surface area contributed by atoms with Crippen LogP contribution in [0.5, 0.6) is 0 Å². The van der Waals surface area contributed by atoms with Gasteiger partial charge in [0.15, 0.2) is 0 Å². The Bertz CT molecular complexity index is 258. The lowest BCUT2D eigenvalue weighted by Gasteiger charge is -2.17. The van der Waals surface area contributed by atoms with Crippen LogP contribution in [0.4, 0.5) is 5.69 Å². The van der Waals surface area contributed by atoms with Crippen molar-refractivity contribution in [2.45, 2.75) is 6.42 Å². The van der Waals surface area contributed by atoms with Gasteiger partial charge >= 0.3 is 0 Å². The van der Waals surface area contributed by atoms with E-state index in [0.717, 1.165) is 13.0 Å². The van der Waals surface area contributed by atoms with Crippen molar-refractivity contribution in [3.63, 3.8) is 0 Å². The minimum absolute atomic E-state index is 0.654. The highest BCUT2D eigenvalue weighted by molar-refractivity contribution is 6.18. The number of anilines is 1. The number of rotatable bonds is 5. The second-order valence-electron chi connectivity index (χ2n) is 3.32. The number of halogens is 1. The molecule has 0 fully saturated rings. The Labute approximate surface area is 90.7 Å². The fraction of sp³-hybridized carbons (Fsp3) is 0.455. The van der Waals surface area contributed by atoms with Gasteiger partial charge in [-0.15, -0.1) is 11.6 Å². The molecule has 0 heterocycles. The van der Waals surface area contributed by atoms with Gasteiger partial charge in [0.25, 0.3) is 0 Å². The molecule has 0 aromatic heterocycles. The molecule has 0 unspecified atom stereocenters. The van der Waals surface area contributed by atoms with Crippen molar-refractivity contribution in [2.75, 3.05) is 30.9 Å². The van der Waals surface area contributed by atoms with Gasteiger partial charge in [-0.1, -0.05) is 12.1 Å². The summed E-state index contributed by atoms with van der Waals surface area (Å²) in [6, 6.07) is 8.45. The second kappa shape index (κ2) is 5.89. The predicted molar refractivity (Wildman–Crippen MR) is 63.2 cm³/mol. The van der Waals surface area contributed by atoms with Crippen LogP contribution in [0.1, 0.15) is 5.56 Å². The smallest absolute Gasteiger partial charge is 0.0399 e. The maximum absolute atomic E-state index is 5.67.